The summed E-state index contributed by atoms with van der Waals surface area (Å²) >= 11 is 13.4. The number of hydrogen-bond acceptors (Lipinski definition) is 1. The van der Waals surface area contributed by atoms with E-state index in [9.17, 15) is 0 Å². The molecule has 0 N–H and O–H groups in total. The SMILES string of the molecule is CCOc1ccc(C)cc1C(Br)c1cc(Cl)cc(Br)c1. The molecule has 1 nitrogen and oxygen atoms in total. The van der Waals surface area contributed by atoms with Gasteiger partial charge in [-0.05, 0) is 43.7 Å². The average molecular weight is 419 g/mol. The zero-order chi connectivity index (χ0) is 14.7. The van der Waals surface area contributed by atoms with Crippen LogP contribution in [0.5, 0.6) is 5.75 Å². The maximum atomic E-state index is 6.13. The van der Waals surface area contributed by atoms with E-state index in [-0.39, 0.29) is 4.83 Å². The van der Waals surface area contributed by atoms with Gasteiger partial charge in [0.1, 0.15) is 5.75 Å². The smallest absolute Gasteiger partial charge is 0.123 e. The van der Waals surface area contributed by atoms with Gasteiger partial charge >= 0.3 is 0 Å². The molecule has 1 atom stereocenters. The molecular weight excluding hydrogens is 403 g/mol. The normalized spacial score (nSPS) is 12.2. The molecule has 106 valence electrons. The minimum absolute atomic E-state index is 0.0407. The van der Waals surface area contributed by atoms with Gasteiger partial charge in [0.2, 0.25) is 0 Å². The molecule has 0 aliphatic rings. The first-order valence-electron chi connectivity index (χ1n) is 6.34. The highest BCUT2D eigenvalue weighted by Crippen LogP contribution is 2.39. The Morgan fingerprint density at radius 1 is 1.20 bits per heavy atom. The topological polar surface area (TPSA) is 9.23 Å². The van der Waals surface area contributed by atoms with Crippen LogP contribution < -0.4 is 4.74 Å². The molecule has 0 radical (unpaired) electrons. The summed E-state index contributed by atoms with van der Waals surface area (Å²) in [5.74, 6) is 0.899. The molecule has 0 aliphatic heterocycles. The highest BCUT2D eigenvalue weighted by Gasteiger charge is 2.16. The molecule has 2 rings (SSSR count). The van der Waals surface area contributed by atoms with Crippen molar-refractivity contribution in [2.45, 2.75) is 18.7 Å². The Labute approximate surface area is 141 Å². The van der Waals surface area contributed by atoms with Crippen LogP contribution in [-0.2, 0) is 0 Å². The van der Waals surface area contributed by atoms with Gasteiger partial charge in [-0.15, -0.1) is 0 Å². The van der Waals surface area contributed by atoms with Gasteiger partial charge in [0, 0.05) is 15.1 Å². The van der Waals surface area contributed by atoms with Crippen LogP contribution in [0.15, 0.2) is 40.9 Å². The number of hydrogen-bond donors (Lipinski definition) is 0. The maximum Gasteiger partial charge on any atom is 0.123 e. The molecule has 0 aromatic heterocycles. The standard InChI is InChI=1S/C16H15Br2ClO/c1-3-20-15-5-4-10(2)6-14(15)16(18)11-7-12(17)9-13(19)8-11/h4-9,16H,3H2,1-2H3. The van der Waals surface area contributed by atoms with Crippen molar-refractivity contribution in [3.8, 4) is 5.75 Å². The summed E-state index contributed by atoms with van der Waals surface area (Å²) < 4.78 is 6.69. The van der Waals surface area contributed by atoms with Crippen molar-refractivity contribution in [3.05, 3.63) is 62.6 Å². The van der Waals surface area contributed by atoms with Gasteiger partial charge in [-0.1, -0.05) is 61.2 Å². The van der Waals surface area contributed by atoms with Crippen molar-refractivity contribution in [1.29, 1.82) is 0 Å². The number of aryl methyl sites for hydroxylation is 1. The first kappa shape index (κ1) is 15.9. The van der Waals surface area contributed by atoms with Crippen LogP contribution in [0, 0.1) is 6.92 Å². The second-order valence-electron chi connectivity index (χ2n) is 4.54. The number of rotatable bonds is 4. The van der Waals surface area contributed by atoms with Crippen LogP contribution in [0.4, 0.5) is 0 Å². The van der Waals surface area contributed by atoms with Gasteiger partial charge in [0.15, 0.2) is 0 Å². The Hall–Kier alpha value is -0.510. The molecule has 0 fully saturated rings. The summed E-state index contributed by atoms with van der Waals surface area (Å²) in [5, 5.41) is 0.712. The number of halogens is 3. The van der Waals surface area contributed by atoms with E-state index in [1.165, 1.54) is 5.56 Å². The van der Waals surface area contributed by atoms with Crippen LogP contribution in [0.25, 0.3) is 0 Å². The quantitative estimate of drug-likeness (QED) is 0.530. The summed E-state index contributed by atoms with van der Waals surface area (Å²) in [6.45, 7) is 4.71. The minimum atomic E-state index is 0.0407. The van der Waals surface area contributed by atoms with Gasteiger partial charge in [-0.3, -0.25) is 0 Å². The Morgan fingerprint density at radius 3 is 2.60 bits per heavy atom. The lowest BCUT2D eigenvalue weighted by Crippen LogP contribution is -2.00. The first-order valence-corrected chi connectivity index (χ1v) is 8.43. The van der Waals surface area contributed by atoms with E-state index in [1.807, 2.05) is 25.1 Å². The average Bonchev–Trinajstić information content (AvgIpc) is 2.39. The maximum absolute atomic E-state index is 6.13. The molecule has 0 aliphatic carbocycles. The third-order valence-corrected chi connectivity index (χ3v) is 4.61. The molecule has 1 unspecified atom stereocenters. The van der Waals surface area contributed by atoms with Gasteiger partial charge in [0.25, 0.3) is 0 Å². The van der Waals surface area contributed by atoms with Crippen LogP contribution in [0.2, 0.25) is 5.02 Å². The molecule has 0 amide bonds. The molecule has 2 aromatic carbocycles. The molecule has 20 heavy (non-hydrogen) atoms. The van der Waals surface area contributed by atoms with E-state index in [0.29, 0.717) is 11.6 Å². The monoisotopic (exact) mass is 416 g/mol. The van der Waals surface area contributed by atoms with Crippen molar-refractivity contribution < 1.29 is 4.74 Å². The van der Waals surface area contributed by atoms with E-state index < -0.39 is 0 Å². The van der Waals surface area contributed by atoms with Crippen LogP contribution in [0.3, 0.4) is 0 Å². The van der Waals surface area contributed by atoms with Crippen LogP contribution in [0.1, 0.15) is 28.4 Å². The van der Waals surface area contributed by atoms with E-state index in [4.69, 9.17) is 16.3 Å². The van der Waals surface area contributed by atoms with Crippen molar-refractivity contribution >= 4 is 43.5 Å². The molecule has 0 heterocycles. The summed E-state index contributed by atoms with van der Waals surface area (Å²) in [5.41, 5.74) is 3.41. The molecule has 0 saturated carbocycles. The lowest BCUT2D eigenvalue weighted by atomic mass is 10.0. The zero-order valence-electron chi connectivity index (χ0n) is 11.3. The lowest BCUT2D eigenvalue weighted by molar-refractivity contribution is 0.337. The first-order chi connectivity index (χ1) is 9.51. The Bertz CT molecular complexity index is 593. The van der Waals surface area contributed by atoms with E-state index in [1.54, 1.807) is 0 Å². The fourth-order valence-electron chi connectivity index (χ4n) is 2.05. The highest BCUT2D eigenvalue weighted by molar-refractivity contribution is 9.10. The van der Waals surface area contributed by atoms with E-state index >= 15 is 0 Å². The van der Waals surface area contributed by atoms with Crippen LogP contribution >= 0.6 is 43.5 Å². The van der Waals surface area contributed by atoms with E-state index in [2.05, 4.69) is 57.0 Å². The third kappa shape index (κ3) is 3.78. The molecule has 0 bridgehead atoms. The number of ether oxygens (including phenoxy) is 1. The predicted molar refractivity (Wildman–Crippen MR) is 92.3 cm³/mol. The second kappa shape index (κ2) is 6.97. The van der Waals surface area contributed by atoms with E-state index in [0.717, 1.165) is 21.3 Å². The largest absolute Gasteiger partial charge is 0.494 e. The third-order valence-electron chi connectivity index (χ3n) is 2.92. The van der Waals surface area contributed by atoms with Gasteiger partial charge in [-0.2, -0.15) is 0 Å². The minimum Gasteiger partial charge on any atom is -0.494 e. The highest BCUT2D eigenvalue weighted by atomic mass is 79.9. The van der Waals surface area contributed by atoms with Crippen molar-refractivity contribution in [2.75, 3.05) is 6.61 Å². The fraction of sp³-hybridized carbons (Fsp3) is 0.250. The fourth-order valence-corrected chi connectivity index (χ4v) is 3.56. The second-order valence-corrected chi connectivity index (χ2v) is 6.81. The molecule has 4 heteroatoms. The summed E-state index contributed by atoms with van der Waals surface area (Å²) in [6.07, 6.45) is 0. The van der Waals surface area contributed by atoms with Gasteiger partial charge in [-0.25, -0.2) is 0 Å². The van der Waals surface area contributed by atoms with Crippen molar-refractivity contribution in [3.63, 3.8) is 0 Å². The van der Waals surface area contributed by atoms with Crippen LogP contribution in [-0.4, -0.2) is 6.61 Å². The predicted octanol–water partition coefficient (Wildman–Crippen LogP) is 6.29. The molecule has 0 spiro atoms. The molecule has 0 saturated heterocycles. The Balaban J connectivity index is 2.46. The summed E-state index contributed by atoms with van der Waals surface area (Å²) in [4.78, 5) is 0.0407. The summed E-state index contributed by atoms with van der Waals surface area (Å²) in [7, 11) is 0. The van der Waals surface area contributed by atoms with Crippen molar-refractivity contribution in [2.24, 2.45) is 0 Å². The lowest BCUT2D eigenvalue weighted by Gasteiger charge is -2.17. The number of benzene rings is 2. The zero-order valence-corrected chi connectivity index (χ0v) is 15.2. The van der Waals surface area contributed by atoms with Gasteiger partial charge < -0.3 is 4.74 Å². The summed E-state index contributed by atoms with van der Waals surface area (Å²) in [6, 6.07) is 12.1. The molecular formula is C16H15Br2ClO. The molecule has 2 aromatic rings. The number of alkyl halides is 1. The Kier molecular flexibility index (Phi) is 5.53. The van der Waals surface area contributed by atoms with Gasteiger partial charge in [0.05, 0.1) is 11.4 Å². The van der Waals surface area contributed by atoms with Crippen molar-refractivity contribution in [1.82, 2.24) is 0 Å². The Morgan fingerprint density at radius 2 is 1.95 bits per heavy atom.